The minimum Gasteiger partial charge on any atom is -0.464 e. The van der Waals surface area contributed by atoms with Crippen molar-refractivity contribution in [2.75, 3.05) is 7.11 Å². The van der Waals surface area contributed by atoms with Crippen molar-refractivity contribution in [3.8, 4) is 0 Å². The molecule has 35 heavy (non-hydrogen) atoms. The number of fused-ring (bicyclic) bond motifs is 2. The van der Waals surface area contributed by atoms with Gasteiger partial charge in [-0.2, -0.15) is 0 Å². The number of aryl methyl sites for hydroxylation is 2. The van der Waals surface area contributed by atoms with Crippen molar-refractivity contribution in [2.45, 2.75) is 31.7 Å². The molecule has 3 atom stereocenters. The smallest absolute Gasteiger partial charge is 0.354 e. The lowest BCUT2D eigenvalue weighted by molar-refractivity contribution is 0.0587. The first kappa shape index (κ1) is 21.5. The minimum atomic E-state index is -0.307. The highest BCUT2D eigenvalue weighted by Crippen LogP contribution is 2.56. The van der Waals surface area contributed by atoms with E-state index < -0.39 is 0 Å². The summed E-state index contributed by atoms with van der Waals surface area (Å²) in [6.45, 7) is 4.29. The molecule has 0 aliphatic carbocycles. The maximum absolute atomic E-state index is 13.1. The molecule has 6 rings (SSSR count). The minimum absolute atomic E-state index is 0.0900. The van der Waals surface area contributed by atoms with Crippen molar-refractivity contribution >= 4 is 16.9 Å². The van der Waals surface area contributed by atoms with Gasteiger partial charge in [-0.25, -0.2) is 4.79 Å². The largest absolute Gasteiger partial charge is 0.464 e. The van der Waals surface area contributed by atoms with E-state index in [2.05, 4.69) is 108 Å². The number of aromatic amines is 1. The fraction of sp³-hybridized carbons (Fsp3) is 0.194. The number of aromatic nitrogens is 2. The number of carbonyl (C=O) groups is 1. The van der Waals surface area contributed by atoms with Gasteiger partial charge in [-0.05, 0) is 48.2 Å². The SMILES string of the molecule is COC(=O)c1cc(C)c2n1[C@@H](c1[nH]c3ccccc3c1C)[C@H](c1ccccc1)[C@H]2c1ccccc1. The average molecular weight is 461 g/mol. The number of benzene rings is 3. The highest BCUT2D eigenvalue weighted by molar-refractivity contribution is 5.89. The molecule has 4 heteroatoms. The Labute approximate surface area is 205 Å². The summed E-state index contributed by atoms with van der Waals surface area (Å²) < 4.78 is 7.50. The second-order valence-electron chi connectivity index (χ2n) is 9.44. The summed E-state index contributed by atoms with van der Waals surface area (Å²) in [5, 5.41) is 1.21. The highest BCUT2D eigenvalue weighted by atomic mass is 16.5. The number of carbonyl (C=O) groups excluding carboxylic acids is 1. The Morgan fingerprint density at radius 1 is 0.857 bits per heavy atom. The van der Waals surface area contributed by atoms with Gasteiger partial charge in [0.2, 0.25) is 0 Å². The van der Waals surface area contributed by atoms with Gasteiger partial charge in [-0.15, -0.1) is 0 Å². The van der Waals surface area contributed by atoms with Crippen molar-refractivity contribution in [3.05, 3.63) is 130 Å². The summed E-state index contributed by atoms with van der Waals surface area (Å²) in [6.07, 6.45) is 0. The number of esters is 1. The lowest BCUT2D eigenvalue weighted by Gasteiger charge is -2.27. The van der Waals surface area contributed by atoms with Crippen LogP contribution in [0.3, 0.4) is 0 Å². The number of para-hydroxylation sites is 1. The number of nitrogens with one attached hydrogen (secondary N) is 1. The second-order valence-corrected chi connectivity index (χ2v) is 9.44. The van der Waals surface area contributed by atoms with Gasteiger partial charge in [0.1, 0.15) is 5.69 Å². The van der Waals surface area contributed by atoms with E-state index in [-0.39, 0.29) is 23.8 Å². The topological polar surface area (TPSA) is 47.0 Å². The van der Waals surface area contributed by atoms with Gasteiger partial charge in [0.05, 0.1) is 13.2 Å². The van der Waals surface area contributed by atoms with Crippen LogP contribution in [0.2, 0.25) is 0 Å². The van der Waals surface area contributed by atoms with Gasteiger partial charge in [0.15, 0.2) is 0 Å². The Bertz CT molecular complexity index is 1530. The monoisotopic (exact) mass is 460 g/mol. The van der Waals surface area contributed by atoms with E-state index in [1.807, 2.05) is 6.07 Å². The van der Waals surface area contributed by atoms with E-state index >= 15 is 0 Å². The lowest BCUT2D eigenvalue weighted by atomic mass is 9.76. The summed E-state index contributed by atoms with van der Waals surface area (Å²) in [6, 6.07) is 31.7. The summed E-state index contributed by atoms with van der Waals surface area (Å²) in [5.74, 6) is -0.116. The van der Waals surface area contributed by atoms with E-state index in [1.54, 1.807) is 0 Å². The molecule has 1 aliphatic heterocycles. The highest BCUT2D eigenvalue weighted by Gasteiger charge is 2.47. The van der Waals surface area contributed by atoms with Crippen molar-refractivity contribution in [3.63, 3.8) is 0 Å². The van der Waals surface area contributed by atoms with Crippen LogP contribution in [0.15, 0.2) is 91.0 Å². The van der Waals surface area contributed by atoms with E-state index in [0.29, 0.717) is 5.69 Å². The molecule has 4 nitrogen and oxygen atoms in total. The maximum Gasteiger partial charge on any atom is 0.354 e. The Morgan fingerprint density at radius 3 is 2.14 bits per heavy atom. The zero-order valence-electron chi connectivity index (χ0n) is 20.2. The van der Waals surface area contributed by atoms with Gasteiger partial charge in [0, 0.05) is 34.1 Å². The first-order chi connectivity index (χ1) is 17.1. The van der Waals surface area contributed by atoms with Crippen LogP contribution in [-0.2, 0) is 4.74 Å². The fourth-order valence-corrected chi connectivity index (χ4v) is 6.12. The maximum atomic E-state index is 13.1. The van der Waals surface area contributed by atoms with Crippen LogP contribution in [0.25, 0.3) is 10.9 Å². The Hall–Kier alpha value is -4.05. The van der Waals surface area contributed by atoms with E-state index in [1.165, 1.54) is 34.9 Å². The number of hydrogen-bond donors (Lipinski definition) is 1. The number of H-pyrrole nitrogens is 1. The summed E-state index contributed by atoms with van der Waals surface area (Å²) in [5.41, 5.74) is 8.85. The second kappa shape index (κ2) is 8.31. The number of methoxy groups -OCH3 is 1. The van der Waals surface area contributed by atoms with Gasteiger partial charge in [-0.3, -0.25) is 0 Å². The lowest BCUT2D eigenvalue weighted by Crippen LogP contribution is -2.20. The molecule has 0 saturated carbocycles. The molecular formula is C31H28N2O2. The average Bonchev–Trinajstić information content (AvgIpc) is 3.54. The number of ether oxygens (including phenoxy) is 1. The molecule has 0 bridgehead atoms. The van der Waals surface area contributed by atoms with E-state index in [0.717, 1.165) is 16.8 Å². The Kier molecular flexibility index (Phi) is 5.10. The van der Waals surface area contributed by atoms with Crippen LogP contribution in [0, 0.1) is 13.8 Å². The molecule has 2 aromatic heterocycles. The summed E-state index contributed by atoms with van der Waals surface area (Å²) in [7, 11) is 1.46. The molecule has 0 fully saturated rings. The van der Waals surface area contributed by atoms with E-state index in [9.17, 15) is 4.79 Å². The van der Waals surface area contributed by atoms with Crippen LogP contribution in [0.5, 0.6) is 0 Å². The molecule has 1 aliphatic rings. The number of rotatable bonds is 4. The molecule has 0 spiro atoms. The first-order valence-corrected chi connectivity index (χ1v) is 12.1. The third kappa shape index (κ3) is 3.24. The molecule has 3 aromatic carbocycles. The predicted octanol–water partition coefficient (Wildman–Crippen LogP) is 6.89. The molecule has 0 unspecified atom stereocenters. The van der Waals surface area contributed by atoms with Crippen molar-refractivity contribution < 1.29 is 9.53 Å². The molecule has 0 amide bonds. The van der Waals surface area contributed by atoms with Crippen molar-refractivity contribution in [1.82, 2.24) is 9.55 Å². The zero-order chi connectivity index (χ0) is 24.1. The zero-order valence-corrected chi connectivity index (χ0v) is 20.2. The molecule has 174 valence electrons. The van der Waals surface area contributed by atoms with Gasteiger partial charge >= 0.3 is 5.97 Å². The molecule has 1 N–H and O–H groups in total. The summed E-state index contributed by atoms with van der Waals surface area (Å²) in [4.78, 5) is 16.8. The molecule has 0 saturated heterocycles. The van der Waals surface area contributed by atoms with Crippen LogP contribution >= 0.6 is 0 Å². The predicted molar refractivity (Wildman–Crippen MR) is 139 cm³/mol. The van der Waals surface area contributed by atoms with Crippen molar-refractivity contribution in [2.24, 2.45) is 0 Å². The molecule has 5 aromatic rings. The Balaban J connectivity index is 1.70. The third-order valence-electron chi connectivity index (χ3n) is 7.59. The normalized spacial score (nSPS) is 19.1. The van der Waals surface area contributed by atoms with Crippen LogP contribution < -0.4 is 0 Å². The molecule has 0 radical (unpaired) electrons. The van der Waals surface area contributed by atoms with Gasteiger partial charge in [0.25, 0.3) is 0 Å². The standard InChI is InChI=1S/C31H28N2O2/c1-19-18-25(31(34)35-3)33-29(19)26(21-12-6-4-7-13-21)27(22-14-8-5-9-15-22)30(33)28-20(2)23-16-10-11-17-24(23)32-28/h4-18,26-27,30,32H,1-3H3/t26-,27-,30-/m1/s1. The Morgan fingerprint density at radius 2 is 1.49 bits per heavy atom. The van der Waals surface area contributed by atoms with Crippen LogP contribution in [0.1, 0.15) is 62.0 Å². The van der Waals surface area contributed by atoms with Crippen LogP contribution in [-0.4, -0.2) is 22.6 Å². The number of nitrogens with zero attached hydrogens (tertiary/aromatic N) is 1. The van der Waals surface area contributed by atoms with E-state index in [4.69, 9.17) is 4.74 Å². The van der Waals surface area contributed by atoms with Crippen molar-refractivity contribution in [1.29, 1.82) is 0 Å². The van der Waals surface area contributed by atoms with Crippen LogP contribution in [0.4, 0.5) is 0 Å². The summed E-state index contributed by atoms with van der Waals surface area (Å²) >= 11 is 0. The fourth-order valence-electron chi connectivity index (χ4n) is 6.12. The molecule has 3 heterocycles. The van der Waals surface area contributed by atoms with Gasteiger partial charge in [-0.1, -0.05) is 78.9 Å². The third-order valence-corrected chi connectivity index (χ3v) is 7.59. The number of hydrogen-bond acceptors (Lipinski definition) is 2. The molecular weight excluding hydrogens is 432 g/mol. The van der Waals surface area contributed by atoms with Gasteiger partial charge < -0.3 is 14.3 Å². The quantitative estimate of drug-likeness (QED) is 0.297. The first-order valence-electron chi connectivity index (χ1n) is 12.1.